The molecule has 0 aromatic heterocycles. The maximum atomic E-state index is 13.0. The van der Waals surface area contributed by atoms with E-state index in [4.69, 9.17) is 27.9 Å². The Morgan fingerprint density at radius 1 is 1.22 bits per heavy atom. The third-order valence-electron chi connectivity index (χ3n) is 5.56. The number of amides is 1. The Bertz CT molecular complexity index is 687. The predicted octanol–water partition coefficient (Wildman–Crippen LogP) is 4.19. The topological polar surface area (TPSA) is 32.8 Å². The number of ether oxygens (including phenoxy) is 1. The summed E-state index contributed by atoms with van der Waals surface area (Å²) in [6.07, 6.45) is 7.85. The molecule has 6 heteroatoms. The smallest absolute Gasteiger partial charge is 0.227 e. The molecule has 0 saturated heterocycles. The molecule has 0 N–H and O–H groups in total. The summed E-state index contributed by atoms with van der Waals surface area (Å²) in [4.78, 5) is 17.3. The SMILES string of the molecule is CCCOC1CC(N2CC=CC2)C(N(C)C(=O)Cc2ccc(Cl)c(Cl)c2)C1. The van der Waals surface area contributed by atoms with Crippen molar-refractivity contribution in [2.75, 3.05) is 26.7 Å². The van der Waals surface area contributed by atoms with E-state index < -0.39 is 0 Å². The van der Waals surface area contributed by atoms with Gasteiger partial charge in [-0.05, 0) is 37.0 Å². The normalized spacial score (nSPS) is 25.3. The zero-order chi connectivity index (χ0) is 19.4. The molecule has 27 heavy (non-hydrogen) atoms. The summed E-state index contributed by atoms with van der Waals surface area (Å²) in [6.45, 7) is 4.82. The van der Waals surface area contributed by atoms with Gasteiger partial charge in [0.05, 0.1) is 22.6 Å². The average molecular weight is 411 g/mol. The molecule has 0 bridgehead atoms. The summed E-state index contributed by atoms with van der Waals surface area (Å²) in [5.41, 5.74) is 0.886. The second-order valence-corrected chi connectivity index (χ2v) is 8.27. The van der Waals surface area contributed by atoms with Gasteiger partial charge in [0.2, 0.25) is 5.91 Å². The van der Waals surface area contributed by atoms with E-state index in [9.17, 15) is 4.79 Å². The molecule has 148 valence electrons. The molecule has 1 aromatic rings. The third-order valence-corrected chi connectivity index (χ3v) is 6.30. The molecule has 3 rings (SSSR count). The van der Waals surface area contributed by atoms with Crippen LogP contribution in [0.15, 0.2) is 30.4 Å². The Morgan fingerprint density at radius 3 is 2.63 bits per heavy atom. The van der Waals surface area contributed by atoms with Crippen LogP contribution in [0.3, 0.4) is 0 Å². The van der Waals surface area contributed by atoms with E-state index >= 15 is 0 Å². The Balaban J connectivity index is 1.68. The summed E-state index contributed by atoms with van der Waals surface area (Å²) < 4.78 is 6.03. The van der Waals surface area contributed by atoms with Gasteiger partial charge in [-0.2, -0.15) is 0 Å². The Labute approximate surface area is 172 Å². The summed E-state index contributed by atoms with van der Waals surface area (Å²) in [5, 5.41) is 0.994. The minimum Gasteiger partial charge on any atom is -0.378 e. The van der Waals surface area contributed by atoms with Crippen LogP contribution in [-0.2, 0) is 16.0 Å². The zero-order valence-electron chi connectivity index (χ0n) is 16.0. The van der Waals surface area contributed by atoms with Gasteiger partial charge in [-0.15, -0.1) is 0 Å². The summed E-state index contributed by atoms with van der Waals surface area (Å²) in [7, 11) is 1.92. The van der Waals surface area contributed by atoms with E-state index in [1.165, 1.54) is 0 Å². The van der Waals surface area contributed by atoms with Crippen LogP contribution >= 0.6 is 23.2 Å². The fourth-order valence-electron chi connectivity index (χ4n) is 4.08. The van der Waals surface area contributed by atoms with Gasteiger partial charge in [0.15, 0.2) is 0 Å². The number of benzene rings is 1. The van der Waals surface area contributed by atoms with E-state index in [2.05, 4.69) is 24.0 Å². The van der Waals surface area contributed by atoms with E-state index in [0.29, 0.717) is 22.5 Å². The van der Waals surface area contributed by atoms with Crippen LogP contribution < -0.4 is 0 Å². The molecule has 3 atom stereocenters. The minimum atomic E-state index is 0.103. The predicted molar refractivity (Wildman–Crippen MR) is 110 cm³/mol. The van der Waals surface area contributed by atoms with Crippen LogP contribution in [0.4, 0.5) is 0 Å². The number of hydrogen-bond donors (Lipinski definition) is 0. The molecule has 0 spiro atoms. The van der Waals surface area contributed by atoms with Crippen molar-refractivity contribution in [3.63, 3.8) is 0 Å². The van der Waals surface area contributed by atoms with Gasteiger partial charge in [0.25, 0.3) is 0 Å². The highest BCUT2D eigenvalue weighted by Gasteiger charge is 2.41. The lowest BCUT2D eigenvalue weighted by Gasteiger charge is -2.35. The molecular formula is C21H28Cl2N2O2. The molecule has 1 aliphatic carbocycles. The number of halogens is 2. The van der Waals surface area contributed by atoms with Crippen molar-refractivity contribution < 1.29 is 9.53 Å². The molecule has 4 nitrogen and oxygen atoms in total. The van der Waals surface area contributed by atoms with Crippen LogP contribution in [0.5, 0.6) is 0 Å². The van der Waals surface area contributed by atoms with E-state index in [1.807, 2.05) is 18.0 Å². The van der Waals surface area contributed by atoms with E-state index in [1.54, 1.807) is 12.1 Å². The number of nitrogens with zero attached hydrogens (tertiary/aromatic N) is 2. The second-order valence-electron chi connectivity index (χ2n) is 7.45. The summed E-state index contributed by atoms with van der Waals surface area (Å²) in [6, 6.07) is 5.89. The Kier molecular flexibility index (Phi) is 7.21. The first-order valence-electron chi connectivity index (χ1n) is 9.69. The van der Waals surface area contributed by atoms with Gasteiger partial charge < -0.3 is 9.64 Å². The van der Waals surface area contributed by atoms with Crippen molar-refractivity contribution in [3.05, 3.63) is 46.0 Å². The zero-order valence-corrected chi connectivity index (χ0v) is 17.5. The van der Waals surface area contributed by atoms with Crippen molar-refractivity contribution in [3.8, 4) is 0 Å². The first-order chi connectivity index (χ1) is 13.0. The van der Waals surface area contributed by atoms with E-state index in [0.717, 1.165) is 44.5 Å². The molecule has 2 aliphatic rings. The quantitative estimate of drug-likeness (QED) is 0.631. The van der Waals surface area contributed by atoms with Crippen LogP contribution in [0.1, 0.15) is 31.7 Å². The van der Waals surface area contributed by atoms with Gasteiger partial charge in [-0.25, -0.2) is 0 Å². The van der Waals surface area contributed by atoms with Crippen molar-refractivity contribution >= 4 is 29.1 Å². The number of carbonyl (C=O) groups excluding carboxylic acids is 1. The maximum absolute atomic E-state index is 13.0. The average Bonchev–Trinajstić information content (AvgIpc) is 3.31. The lowest BCUT2D eigenvalue weighted by Crippen LogP contribution is -2.49. The molecule has 1 aromatic carbocycles. The molecule has 1 aliphatic heterocycles. The number of carbonyl (C=O) groups is 1. The van der Waals surface area contributed by atoms with Crippen molar-refractivity contribution in [2.45, 2.75) is 50.8 Å². The molecule has 1 fully saturated rings. The highest BCUT2D eigenvalue weighted by Crippen LogP contribution is 2.32. The third kappa shape index (κ3) is 5.05. The summed E-state index contributed by atoms with van der Waals surface area (Å²) in [5.74, 6) is 0.103. The first-order valence-corrected chi connectivity index (χ1v) is 10.5. The molecule has 1 heterocycles. The second kappa shape index (κ2) is 9.42. The van der Waals surface area contributed by atoms with Crippen LogP contribution in [0.25, 0.3) is 0 Å². The largest absolute Gasteiger partial charge is 0.378 e. The van der Waals surface area contributed by atoms with Crippen LogP contribution in [0.2, 0.25) is 10.0 Å². The number of rotatable bonds is 7. The van der Waals surface area contributed by atoms with Gasteiger partial charge in [0.1, 0.15) is 0 Å². The van der Waals surface area contributed by atoms with Crippen molar-refractivity contribution in [1.29, 1.82) is 0 Å². The maximum Gasteiger partial charge on any atom is 0.227 e. The molecular weight excluding hydrogens is 383 g/mol. The number of likely N-dealkylation sites (N-methyl/N-ethyl adjacent to an activating group) is 1. The lowest BCUT2D eigenvalue weighted by atomic mass is 10.1. The Hall–Kier alpha value is -1.07. The fourth-order valence-corrected chi connectivity index (χ4v) is 4.40. The van der Waals surface area contributed by atoms with Crippen LogP contribution in [-0.4, -0.2) is 60.6 Å². The minimum absolute atomic E-state index is 0.103. The van der Waals surface area contributed by atoms with Gasteiger partial charge in [0, 0.05) is 38.8 Å². The van der Waals surface area contributed by atoms with Gasteiger partial charge in [-0.1, -0.05) is 48.3 Å². The lowest BCUT2D eigenvalue weighted by molar-refractivity contribution is -0.132. The monoisotopic (exact) mass is 410 g/mol. The highest BCUT2D eigenvalue weighted by atomic mass is 35.5. The van der Waals surface area contributed by atoms with Crippen molar-refractivity contribution in [1.82, 2.24) is 9.80 Å². The van der Waals surface area contributed by atoms with Gasteiger partial charge in [-0.3, -0.25) is 9.69 Å². The highest BCUT2D eigenvalue weighted by molar-refractivity contribution is 6.42. The number of hydrogen-bond acceptors (Lipinski definition) is 3. The van der Waals surface area contributed by atoms with Gasteiger partial charge >= 0.3 is 0 Å². The summed E-state index contributed by atoms with van der Waals surface area (Å²) >= 11 is 12.1. The first kappa shape index (κ1) is 20.7. The standard InChI is InChI=1S/C21H28Cl2N2O2/c1-3-10-27-16-13-19(20(14-16)25-8-4-5-9-25)24(2)21(26)12-15-6-7-17(22)18(23)11-15/h4-7,11,16,19-20H,3,8-10,12-14H2,1-2H3. The van der Waals surface area contributed by atoms with Crippen molar-refractivity contribution in [2.24, 2.45) is 0 Å². The van der Waals surface area contributed by atoms with E-state index in [-0.39, 0.29) is 18.1 Å². The fraction of sp³-hybridized carbons (Fsp3) is 0.571. The molecule has 0 radical (unpaired) electrons. The van der Waals surface area contributed by atoms with Crippen LogP contribution in [0, 0.1) is 0 Å². The molecule has 3 unspecified atom stereocenters. The molecule has 1 amide bonds. The molecule has 1 saturated carbocycles. The Morgan fingerprint density at radius 2 is 1.96 bits per heavy atom.